The second-order valence-corrected chi connectivity index (χ2v) is 4.69. The Bertz CT molecular complexity index is 145. The first-order valence-electron chi connectivity index (χ1n) is 4.98. The highest BCUT2D eigenvalue weighted by Gasteiger charge is 2.45. The normalized spacial score (nSPS) is 50.7. The molecule has 0 amide bonds. The Morgan fingerprint density at radius 2 is 1.64 bits per heavy atom. The van der Waals surface area contributed by atoms with Gasteiger partial charge in [0.2, 0.25) is 0 Å². The molecule has 0 unspecified atom stereocenters. The minimum atomic E-state index is 0.551. The summed E-state index contributed by atoms with van der Waals surface area (Å²) in [6.07, 6.45) is 8.38. The molecule has 0 bridgehead atoms. The van der Waals surface area contributed by atoms with E-state index in [2.05, 4.69) is 6.92 Å². The summed E-state index contributed by atoms with van der Waals surface area (Å²) in [5.74, 6) is 0.966. The quantitative estimate of drug-likeness (QED) is 0.568. The van der Waals surface area contributed by atoms with Gasteiger partial charge in [-0.2, -0.15) is 0 Å². The lowest BCUT2D eigenvalue weighted by atomic mass is 9.56. The Morgan fingerprint density at radius 3 is 2.00 bits per heavy atom. The van der Waals surface area contributed by atoms with Crippen molar-refractivity contribution in [2.24, 2.45) is 17.1 Å². The van der Waals surface area contributed by atoms with Gasteiger partial charge < -0.3 is 5.73 Å². The van der Waals surface area contributed by atoms with Crippen LogP contribution in [0.1, 0.15) is 45.4 Å². The van der Waals surface area contributed by atoms with Crippen molar-refractivity contribution in [1.29, 1.82) is 0 Å². The number of hydrogen-bond donors (Lipinski definition) is 1. The summed E-state index contributed by atoms with van der Waals surface area (Å²) in [5, 5.41) is 0. The average Bonchev–Trinajstić information content (AvgIpc) is 2.03. The molecule has 11 heavy (non-hydrogen) atoms. The summed E-state index contributed by atoms with van der Waals surface area (Å²) < 4.78 is 0. The van der Waals surface area contributed by atoms with Gasteiger partial charge in [-0.25, -0.2) is 0 Å². The summed E-state index contributed by atoms with van der Waals surface area (Å²) in [6, 6.07) is 0.551. The van der Waals surface area contributed by atoms with Crippen molar-refractivity contribution in [2.75, 3.05) is 0 Å². The molecule has 2 fully saturated rings. The molecule has 1 atom stereocenters. The first-order valence-corrected chi connectivity index (χ1v) is 4.98. The van der Waals surface area contributed by atoms with Crippen LogP contribution in [0.3, 0.4) is 0 Å². The van der Waals surface area contributed by atoms with Crippen LogP contribution in [0.5, 0.6) is 0 Å². The number of rotatable bonds is 0. The first-order chi connectivity index (χ1) is 5.23. The molecule has 2 N–H and O–H groups in total. The molecular formula is C10H19N. The third kappa shape index (κ3) is 1.10. The molecule has 0 aromatic rings. The monoisotopic (exact) mass is 153 g/mol. The maximum absolute atomic E-state index is 6.03. The van der Waals surface area contributed by atoms with Gasteiger partial charge in [-0.05, 0) is 37.0 Å². The summed E-state index contributed by atoms with van der Waals surface area (Å²) in [6.45, 7) is 2.37. The van der Waals surface area contributed by atoms with E-state index in [1.807, 2.05) is 0 Å². The molecule has 2 aliphatic rings. The number of nitrogens with two attached hydrogens (primary N) is 1. The van der Waals surface area contributed by atoms with Gasteiger partial charge in [-0.1, -0.05) is 19.8 Å². The zero-order chi connectivity index (χ0) is 7.90. The van der Waals surface area contributed by atoms with Crippen molar-refractivity contribution < 1.29 is 0 Å². The molecule has 0 aromatic heterocycles. The van der Waals surface area contributed by atoms with Gasteiger partial charge in [-0.3, -0.25) is 0 Å². The van der Waals surface area contributed by atoms with Crippen LogP contribution >= 0.6 is 0 Å². The van der Waals surface area contributed by atoms with Crippen molar-refractivity contribution in [3.05, 3.63) is 0 Å². The third-order valence-electron chi connectivity index (χ3n) is 4.01. The molecule has 0 saturated heterocycles. The topological polar surface area (TPSA) is 26.0 Å². The van der Waals surface area contributed by atoms with E-state index in [9.17, 15) is 0 Å². The highest BCUT2D eigenvalue weighted by atomic mass is 14.7. The van der Waals surface area contributed by atoms with E-state index < -0.39 is 0 Å². The van der Waals surface area contributed by atoms with Gasteiger partial charge in [0, 0.05) is 6.04 Å². The maximum Gasteiger partial charge on any atom is 0.00957 e. The van der Waals surface area contributed by atoms with Crippen molar-refractivity contribution in [3.8, 4) is 0 Å². The lowest BCUT2D eigenvalue weighted by Gasteiger charge is -2.51. The average molecular weight is 153 g/mol. The third-order valence-corrected chi connectivity index (χ3v) is 4.01. The predicted octanol–water partition coefficient (Wildman–Crippen LogP) is 2.30. The van der Waals surface area contributed by atoms with Crippen LogP contribution in [-0.2, 0) is 0 Å². The Labute approximate surface area is 69.4 Å². The molecule has 1 nitrogen and oxygen atoms in total. The second kappa shape index (κ2) is 2.48. The predicted molar refractivity (Wildman–Crippen MR) is 47.3 cm³/mol. The first kappa shape index (κ1) is 7.60. The van der Waals surface area contributed by atoms with Crippen molar-refractivity contribution in [3.63, 3.8) is 0 Å². The number of hydrogen-bond acceptors (Lipinski definition) is 1. The SMILES string of the molecule is CC1CCC2(CC1)CC[C@H]2N. The molecule has 0 heterocycles. The van der Waals surface area contributed by atoms with E-state index in [0.717, 1.165) is 5.92 Å². The van der Waals surface area contributed by atoms with E-state index in [4.69, 9.17) is 5.73 Å². The highest BCUT2D eigenvalue weighted by Crippen LogP contribution is 2.51. The molecular weight excluding hydrogens is 134 g/mol. The summed E-state index contributed by atoms with van der Waals surface area (Å²) in [5.41, 5.74) is 6.65. The highest BCUT2D eigenvalue weighted by molar-refractivity contribution is 5.00. The molecule has 2 aliphatic carbocycles. The Kier molecular flexibility index (Phi) is 1.71. The fraction of sp³-hybridized carbons (Fsp3) is 1.00. The van der Waals surface area contributed by atoms with Crippen LogP contribution < -0.4 is 5.73 Å². The maximum atomic E-state index is 6.03. The Balaban J connectivity index is 1.96. The minimum Gasteiger partial charge on any atom is -0.327 e. The zero-order valence-electron chi connectivity index (χ0n) is 7.47. The zero-order valence-corrected chi connectivity index (χ0v) is 7.47. The minimum absolute atomic E-state index is 0.551. The summed E-state index contributed by atoms with van der Waals surface area (Å²) in [4.78, 5) is 0. The van der Waals surface area contributed by atoms with E-state index in [1.165, 1.54) is 38.5 Å². The smallest absolute Gasteiger partial charge is 0.00957 e. The van der Waals surface area contributed by atoms with E-state index in [-0.39, 0.29) is 0 Å². The molecule has 64 valence electrons. The molecule has 0 aromatic carbocycles. The van der Waals surface area contributed by atoms with E-state index in [1.54, 1.807) is 0 Å². The second-order valence-electron chi connectivity index (χ2n) is 4.69. The fourth-order valence-corrected chi connectivity index (χ4v) is 2.68. The van der Waals surface area contributed by atoms with Crippen LogP contribution in [0.15, 0.2) is 0 Å². The fourth-order valence-electron chi connectivity index (χ4n) is 2.68. The van der Waals surface area contributed by atoms with Crippen LogP contribution in [-0.4, -0.2) is 6.04 Å². The molecule has 0 radical (unpaired) electrons. The largest absolute Gasteiger partial charge is 0.327 e. The lowest BCUT2D eigenvalue weighted by molar-refractivity contribution is 0.0306. The summed E-state index contributed by atoms with van der Waals surface area (Å²) >= 11 is 0. The van der Waals surface area contributed by atoms with Crippen molar-refractivity contribution in [1.82, 2.24) is 0 Å². The Morgan fingerprint density at radius 1 is 1.09 bits per heavy atom. The molecule has 1 heteroatoms. The van der Waals surface area contributed by atoms with E-state index in [0.29, 0.717) is 11.5 Å². The van der Waals surface area contributed by atoms with Crippen LogP contribution in [0.4, 0.5) is 0 Å². The molecule has 0 aliphatic heterocycles. The van der Waals surface area contributed by atoms with Gasteiger partial charge >= 0.3 is 0 Å². The van der Waals surface area contributed by atoms with Crippen LogP contribution in [0.2, 0.25) is 0 Å². The molecule has 2 saturated carbocycles. The van der Waals surface area contributed by atoms with Crippen LogP contribution in [0, 0.1) is 11.3 Å². The van der Waals surface area contributed by atoms with Gasteiger partial charge in [0.1, 0.15) is 0 Å². The standard InChI is InChI=1S/C10H19N/c1-8-2-5-10(6-3-8)7-4-9(10)11/h8-9H,2-7,11H2,1H3/t8?,9-,10?/m1/s1. The molecule has 2 rings (SSSR count). The summed E-state index contributed by atoms with van der Waals surface area (Å²) in [7, 11) is 0. The van der Waals surface area contributed by atoms with Gasteiger partial charge in [0.15, 0.2) is 0 Å². The van der Waals surface area contributed by atoms with Crippen molar-refractivity contribution >= 4 is 0 Å². The van der Waals surface area contributed by atoms with Crippen molar-refractivity contribution in [2.45, 2.75) is 51.5 Å². The van der Waals surface area contributed by atoms with E-state index >= 15 is 0 Å². The Hall–Kier alpha value is -0.0400. The molecule has 1 spiro atoms. The van der Waals surface area contributed by atoms with Gasteiger partial charge in [0.05, 0.1) is 0 Å². The lowest BCUT2D eigenvalue weighted by Crippen LogP contribution is -2.52. The van der Waals surface area contributed by atoms with Crippen LogP contribution in [0.25, 0.3) is 0 Å². The van der Waals surface area contributed by atoms with Gasteiger partial charge in [0.25, 0.3) is 0 Å². The van der Waals surface area contributed by atoms with Gasteiger partial charge in [-0.15, -0.1) is 0 Å².